The van der Waals surface area contributed by atoms with Crippen LogP contribution in [-0.4, -0.2) is 25.2 Å². The third-order valence-electron chi connectivity index (χ3n) is 4.56. The van der Waals surface area contributed by atoms with Crippen LogP contribution in [0.2, 0.25) is 0 Å². The molecule has 2 rings (SSSR count). The van der Waals surface area contributed by atoms with Gasteiger partial charge in [-0.25, -0.2) is 0 Å². The number of nitrogens with one attached hydrogen (secondary N) is 1. The standard InChI is InChI=1S/C19H30N2O2.ClH/c1-13(2)12-15-4-6-16(7-5-15)14(3)21-19(22)18(20)17-8-10-23-11-9-17;/h4-7,13-14,17-18H,8-12,20H2,1-3H3,(H,21,22);1H. The average Bonchev–Trinajstić information content (AvgIpc) is 2.55. The van der Waals surface area contributed by atoms with Crippen molar-refractivity contribution in [1.29, 1.82) is 0 Å². The summed E-state index contributed by atoms with van der Waals surface area (Å²) in [6, 6.07) is 8.03. The first-order chi connectivity index (χ1) is 11.0. The lowest BCUT2D eigenvalue weighted by atomic mass is 9.91. The van der Waals surface area contributed by atoms with Crippen LogP contribution in [0.1, 0.15) is 50.8 Å². The van der Waals surface area contributed by atoms with Gasteiger partial charge in [0.15, 0.2) is 0 Å². The fourth-order valence-corrected chi connectivity index (χ4v) is 3.10. The van der Waals surface area contributed by atoms with Crippen molar-refractivity contribution in [3.8, 4) is 0 Å². The van der Waals surface area contributed by atoms with Crippen LogP contribution in [0.4, 0.5) is 0 Å². The summed E-state index contributed by atoms with van der Waals surface area (Å²) < 4.78 is 5.33. The SMILES string of the molecule is CC(C)Cc1ccc(C(C)NC(=O)C(N)C2CCOCC2)cc1.Cl. The van der Waals surface area contributed by atoms with E-state index in [1.54, 1.807) is 0 Å². The molecule has 2 atom stereocenters. The number of hydrogen-bond acceptors (Lipinski definition) is 3. The van der Waals surface area contributed by atoms with Crippen LogP contribution in [-0.2, 0) is 16.0 Å². The van der Waals surface area contributed by atoms with E-state index in [0.29, 0.717) is 19.1 Å². The molecule has 5 heteroatoms. The molecule has 1 saturated heterocycles. The molecule has 0 aromatic heterocycles. The van der Waals surface area contributed by atoms with Crippen LogP contribution < -0.4 is 11.1 Å². The first kappa shape index (κ1) is 20.9. The zero-order chi connectivity index (χ0) is 16.8. The summed E-state index contributed by atoms with van der Waals surface area (Å²) in [7, 11) is 0. The second kappa shape index (κ2) is 10.0. The van der Waals surface area contributed by atoms with Crippen molar-refractivity contribution in [1.82, 2.24) is 5.32 Å². The summed E-state index contributed by atoms with van der Waals surface area (Å²) in [6.07, 6.45) is 2.81. The monoisotopic (exact) mass is 354 g/mol. The quantitative estimate of drug-likeness (QED) is 0.824. The van der Waals surface area contributed by atoms with E-state index >= 15 is 0 Å². The summed E-state index contributed by atoms with van der Waals surface area (Å²) in [5.74, 6) is 0.815. The molecule has 0 bridgehead atoms. The number of benzene rings is 1. The fourth-order valence-electron chi connectivity index (χ4n) is 3.10. The van der Waals surface area contributed by atoms with E-state index in [1.807, 2.05) is 6.92 Å². The van der Waals surface area contributed by atoms with Gasteiger partial charge < -0.3 is 15.8 Å². The van der Waals surface area contributed by atoms with Crippen molar-refractivity contribution in [2.75, 3.05) is 13.2 Å². The molecule has 1 aromatic carbocycles. The molecule has 1 heterocycles. The summed E-state index contributed by atoms with van der Waals surface area (Å²) >= 11 is 0. The van der Waals surface area contributed by atoms with Gasteiger partial charge >= 0.3 is 0 Å². The lowest BCUT2D eigenvalue weighted by molar-refractivity contribution is -0.125. The Morgan fingerprint density at radius 3 is 2.33 bits per heavy atom. The zero-order valence-electron chi connectivity index (χ0n) is 15.0. The number of hydrogen-bond donors (Lipinski definition) is 2. The minimum atomic E-state index is -0.443. The van der Waals surface area contributed by atoms with Gasteiger partial charge in [-0.1, -0.05) is 38.1 Å². The highest BCUT2D eigenvalue weighted by atomic mass is 35.5. The number of carbonyl (C=O) groups excluding carboxylic acids is 1. The first-order valence-corrected chi connectivity index (χ1v) is 8.70. The Bertz CT molecular complexity index is 499. The Kier molecular flexibility index (Phi) is 8.74. The van der Waals surface area contributed by atoms with Crippen LogP contribution in [0, 0.1) is 11.8 Å². The van der Waals surface area contributed by atoms with Crippen molar-refractivity contribution in [3.05, 3.63) is 35.4 Å². The lowest BCUT2D eigenvalue weighted by Crippen LogP contribution is -2.47. The fraction of sp³-hybridized carbons (Fsp3) is 0.632. The summed E-state index contributed by atoms with van der Waals surface area (Å²) in [5.41, 5.74) is 8.58. The predicted octanol–water partition coefficient (Wildman–Crippen LogP) is 3.24. The number of carbonyl (C=O) groups is 1. The van der Waals surface area contributed by atoms with Gasteiger partial charge in [-0.15, -0.1) is 12.4 Å². The van der Waals surface area contributed by atoms with Crippen LogP contribution in [0.15, 0.2) is 24.3 Å². The molecule has 1 aromatic rings. The van der Waals surface area contributed by atoms with Crippen LogP contribution in [0.3, 0.4) is 0 Å². The van der Waals surface area contributed by atoms with E-state index in [-0.39, 0.29) is 30.3 Å². The van der Waals surface area contributed by atoms with Crippen molar-refractivity contribution in [2.45, 2.75) is 52.1 Å². The number of nitrogens with two attached hydrogens (primary N) is 1. The van der Waals surface area contributed by atoms with Gasteiger partial charge in [-0.3, -0.25) is 4.79 Å². The van der Waals surface area contributed by atoms with Crippen molar-refractivity contribution < 1.29 is 9.53 Å². The summed E-state index contributed by atoms with van der Waals surface area (Å²) in [4.78, 5) is 12.4. The minimum Gasteiger partial charge on any atom is -0.381 e. The highest BCUT2D eigenvalue weighted by molar-refractivity contribution is 5.85. The second-order valence-electron chi connectivity index (χ2n) is 7.05. The minimum absolute atomic E-state index is 0. The molecule has 0 saturated carbocycles. The van der Waals surface area contributed by atoms with Gasteiger partial charge in [-0.05, 0) is 49.1 Å². The normalized spacial score (nSPS) is 17.9. The van der Waals surface area contributed by atoms with E-state index in [9.17, 15) is 4.79 Å². The molecule has 1 aliphatic rings. The molecule has 2 unspecified atom stereocenters. The lowest BCUT2D eigenvalue weighted by Gasteiger charge is -2.28. The highest BCUT2D eigenvalue weighted by Crippen LogP contribution is 2.19. The van der Waals surface area contributed by atoms with Crippen molar-refractivity contribution >= 4 is 18.3 Å². The molecule has 0 aliphatic carbocycles. The van der Waals surface area contributed by atoms with E-state index in [4.69, 9.17) is 10.5 Å². The zero-order valence-corrected chi connectivity index (χ0v) is 15.8. The van der Waals surface area contributed by atoms with Gasteiger partial charge in [0, 0.05) is 13.2 Å². The maximum atomic E-state index is 12.4. The molecular weight excluding hydrogens is 324 g/mol. The van der Waals surface area contributed by atoms with Gasteiger partial charge in [-0.2, -0.15) is 0 Å². The Labute approximate surface area is 151 Å². The Morgan fingerprint density at radius 2 is 1.79 bits per heavy atom. The predicted molar refractivity (Wildman–Crippen MR) is 100 cm³/mol. The third-order valence-corrected chi connectivity index (χ3v) is 4.56. The molecule has 136 valence electrons. The topological polar surface area (TPSA) is 64.4 Å². The van der Waals surface area contributed by atoms with E-state index in [1.165, 1.54) is 5.56 Å². The Hall–Kier alpha value is -1.10. The number of amides is 1. The largest absolute Gasteiger partial charge is 0.381 e. The van der Waals surface area contributed by atoms with E-state index in [2.05, 4.69) is 43.4 Å². The van der Waals surface area contributed by atoms with Gasteiger partial charge in [0.2, 0.25) is 5.91 Å². The molecule has 3 N–H and O–H groups in total. The maximum absolute atomic E-state index is 12.4. The van der Waals surface area contributed by atoms with E-state index < -0.39 is 6.04 Å². The van der Waals surface area contributed by atoms with Crippen molar-refractivity contribution in [2.24, 2.45) is 17.6 Å². The van der Waals surface area contributed by atoms with Gasteiger partial charge in [0.1, 0.15) is 0 Å². The first-order valence-electron chi connectivity index (χ1n) is 8.70. The molecule has 0 spiro atoms. The van der Waals surface area contributed by atoms with Crippen LogP contribution in [0.5, 0.6) is 0 Å². The highest BCUT2D eigenvalue weighted by Gasteiger charge is 2.27. The second-order valence-corrected chi connectivity index (χ2v) is 7.05. The molecule has 24 heavy (non-hydrogen) atoms. The van der Waals surface area contributed by atoms with Crippen molar-refractivity contribution in [3.63, 3.8) is 0 Å². The van der Waals surface area contributed by atoms with Crippen LogP contribution >= 0.6 is 12.4 Å². The maximum Gasteiger partial charge on any atom is 0.237 e. The molecule has 1 aliphatic heterocycles. The van der Waals surface area contributed by atoms with Gasteiger partial charge in [0.05, 0.1) is 12.1 Å². The molecule has 1 fully saturated rings. The number of ether oxygens (including phenoxy) is 1. The summed E-state index contributed by atoms with van der Waals surface area (Å²) in [5, 5.41) is 3.05. The third kappa shape index (κ3) is 6.08. The molecule has 4 nitrogen and oxygen atoms in total. The molecule has 0 radical (unpaired) electrons. The Balaban J connectivity index is 0.00000288. The van der Waals surface area contributed by atoms with Gasteiger partial charge in [0.25, 0.3) is 0 Å². The summed E-state index contributed by atoms with van der Waals surface area (Å²) in [6.45, 7) is 7.85. The molecular formula is C19H31ClN2O2. The van der Waals surface area contributed by atoms with Crippen LogP contribution in [0.25, 0.3) is 0 Å². The molecule has 1 amide bonds. The average molecular weight is 355 g/mol. The number of halogens is 1. The number of rotatable bonds is 6. The Morgan fingerprint density at radius 1 is 1.21 bits per heavy atom. The smallest absolute Gasteiger partial charge is 0.237 e. The van der Waals surface area contributed by atoms with E-state index in [0.717, 1.165) is 24.8 Å².